The SMILES string of the molecule is Cn1ccnc1C(O)c1cnccn1. The first kappa shape index (κ1) is 8.83. The minimum Gasteiger partial charge on any atom is -0.379 e. The van der Waals surface area contributed by atoms with E-state index in [1.165, 1.54) is 6.20 Å². The lowest BCUT2D eigenvalue weighted by Crippen LogP contribution is -2.08. The molecule has 72 valence electrons. The number of nitrogens with zero attached hydrogens (tertiary/aromatic N) is 4. The van der Waals surface area contributed by atoms with Crippen molar-refractivity contribution in [2.24, 2.45) is 7.05 Å². The van der Waals surface area contributed by atoms with Crippen molar-refractivity contribution >= 4 is 0 Å². The highest BCUT2D eigenvalue weighted by atomic mass is 16.3. The lowest BCUT2D eigenvalue weighted by atomic mass is 10.2. The van der Waals surface area contributed by atoms with Crippen molar-refractivity contribution in [3.8, 4) is 0 Å². The molecule has 5 heteroatoms. The van der Waals surface area contributed by atoms with Gasteiger partial charge in [-0.3, -0.25) is 9.97 Å². The quantitative estimate of drug-likeness (QED) is 0.739. The number of hydrogen-bond acceptors (Lipinski definition) is 4. The van der Waals surface area contributed by atoms with Gasteiger partial charge in [-0.1, -0.05) is 0 Å². The lowest BCUT2D eigenvalue weighted by molar-refractivity contribution is 0.201. The smallest absolute Gasteiger partial charge is 0.155 e. The number of hydrogen-bond donors (Lipinski definition) is 1. The molecule has 0 saturated heterocycles. The highest BCUT2D eigenvalue weighted by Crippen LogP contribution is 2.16. The summed E-state index contributed by atoms with van der Waals surface area (Å²) in [5, 5.41) is 9.88. The Kier molecular flexibility index (Phi) is 2.24. The van der Waals surface area contributed by atoms with Crippen molar-refractivity contribution in [3.05, 3.63) is 42.5 Å². The first-order chi connectivity index (χ1) is 6.79. The first-order valence-electron chi connectivity index (χ1n) is 4.20. The van der Waals surface area contributed by atoms with Crippen LogP contribution >= 0.6 is 0 Å². The van der Waals surface area contributed by atoms with Gasteiger partial charge in [0.1, 0.15) is 5.82 Å². The van der Waals surface area contributed by atoms with Crippen LogP contribution in [0.1, 0.15) is 17.6 Å². The monoisotopic (exact) mass is 190 g/mol. The van der Waals surface area contributed by atoms with Gasteiger partial charge in [0.25, 0.3) is 0 Å². The fourth-order valence-electron chi connectivity index (χ4n) is 1.22. The van der Waals surface area contributed by atoms with E-state index in [9.17, 15) is 5.11 Å². The third-order valence-electron chi connectivity index (χ3n) is 1.97. The second-order valence-corrected chi connectivity index (χ2v) is 2.93. The molecule has 1 atom stereocenters. The van der Waals surface area contributed by atoms with Crippen LogP contribution < -0.4 is 0 Å². The molecule has 14 heavy (non-hydrogen) atoms. The highest BCUT2D eigenvalue weighted by Gasteiger charge is 2.15. The van der Waals surface area contributed by atoms with Crippen molar-refractivity contribution < 1.29 is 5.11 Å². The Morgan fingerprint density at radius 2 is 2.14 bits per heavy atom. The Morgan fingerprint density at radius 1 is 1.29 bits per heavy atom. The van der Waals surface area contributed by atoms with Crippen molar-refractivity contribution in [1.82, 2.24) is 19.5 Å². The van der Waals surface area contributed by atoms with Crippen molar-refractivity contribution in [2.75, 3.05) is 0 Å². The number of aryl methyl sites for hydroxylation is 1. The first-order valence-corrected chi connectivity index (χ1v) is 4.20. The fraction of sp³-hybridized carbons (Fsp3) is 0.222. The largest absolute Gasteiger partial charge is 0.379 e. The molecule has 0 bridgehead atoms. The zero-order valence-electron chi connectivity index (χ0n) is 7.70. The molecular formula is C9H10N4O. The van der Waals surface area contributed by atoms with Gasteiger partial charge in [-0.2, -0.15) is 0 Å². The molecule has 2 heterocycles. The minimum atomic E-state index is -0.816. The van der Waals surface area contributed by atoms with E-state index in [0.29, 0.717) is 11.5 Å². The predicted octanol–water partition coefficient (Wildman–Crippen LogP) is 0.292. The molecule has 1 unspecified atom stereocenters. The topological polar surface area (TPSA) is 63.8 Å². The Bertz CT molecular complexity index is 412. The van der Waals surface area contributed by atoms with Crippen LogP contribution in [0.3, 0.4) is 0 Å². The van der Waals surface area contributed by atoms with Gasteiger partial charge in [0.05, 0.1) is 11.9 Å². The summed E-state index contributed by atoms with van der Waals surface area (Å²) in [5.41, 5.74) is 0.502. The van der Waals surface area contributed by atoms with Gasteiger partial charge >= 0.3 is 0 Å². The summed E-state index contributed by atoms with van der Waals surface area (Å²) in [7, 11) is 1.82. The molecule has 0 amide bonds. The molecule has 1 N–H and O–H groups in total. The van der Waals surface area contributed by atoms with E-state index < -0.39 is 6.10 Å². The molecule has 2 aromatic heterocycles. The molecule has 0 aliphatic carbocycles. The molecule has 2 aromatic rings. The molecule has 5 nitrogen and oxygen atoms in total. The molecular weight excluding hydrogens is 180 g/mol. The van der Waals surface area contributed by atoms with E-state index in [1.54, 1.807) is 29.4 Å². The third-order valence-corrected chi connectivity index (χ3v) is 1.97. The van der Waals surface area contributed by atoms with Gasteiger partial charge in [0.15, 0.2) is 6.10 Å². The Labute approximate surface area is 81.1 Å². The number of aromatic nitrogens is 4. The predicted molar refractivity (Wildman–Crippen MR) is 49.3 cm³/mol. The number of aliphatic hydroxyl groups is 1. The van der Waals surface area contributed by atoms with Crippen LogP contribution in [0.4, 0.5) is 0 Å². The van der Waals surface area contributed by atoms with Crippen LogP contribution in [0.5, 0.6) is 0 Å². The Morgan fingerprint density at radius 3 is 2.71 bits per heavy atom. The fourth-order valence-corrected chi connectivity index (χ4v) is 1.22. The zero-order valence-corrected chi connectivity index (χ0v) is 7.70. The van der Waals surface area contributed by atoms with Gasteiger partial charge < -0.3 is 9.67 Å². The zero-order chi connectivity index (χ0) is 9.97. The van der Waals surface area contributed by atoms with E-state index in [-0.39, 0.29) is 0 Å². The van der Waals surface area contributed by atoms with Crippen LogP contribution in [0.15, 0.2) is 31.0 Å². The summed E-state index contributed by atoms with van der Waals surface area (Å²) in [6, 6.07) is 0. The summed E-state index contributed by atoms with van der Waals surface area (Å²) < 4.78 is 1.75. The molecule has 2 rings (SSSR count). The van der Waals surface area contributed by atoms with Crippen LogP contribution in [-0.2, 0) is 7.05 Å². The second kappa shape index (κ2) is 3.55. The van der Waals surface area contributed by atoms with Crippen molar-refractivity contribution in [2.45, 2.75) is 6.10 Å². The van der Waals surface area contributed by atoms with E-state index in [4.69, 9.17) is 0 Å². The van der Waals surface area contributed by atoms with Gasteiger partial charge in [-0.25, -0.2) is 4.98 Å². The summed E-state index contributed by atoms with van der Waals surface area (Å²) in [6.45, 7) is 0. The normalized spacial score (nSPS) is 12.7. The van der Waals surface area contributed by atoms with Crippen molar-refractivity contribution in [3.63, 3.8) is 0 Å². The lowest BCUT2D eigenvalue weighted by Gasteiger charge is -2.08. The highest BCUT2D eigenvalue weighted by molar-refractivity contribution is 5.11. The maximum atomic E-state index is 9.88. The summed E-state index contributed by atoms with van der Waals surface area (Å²) in [4.78, 5) is 11.9. The van der Waals surface area contributed by atoms with Gasteiger partial charge in [0.2, 0.25) is 0 Å². The van der Waals surface area contributed by atoms with E-state index in [0.717, 1.165) is 0 Å². The molecule has 0 aromatic carbocycles. The maximum absolute atomic E-state index is 9.88. The van der Waals surface area contributed by atoms with Gasteiger partial charge in [0, 0.05) is 31.8 Å². The molecule has 0 radical (unpaired) electrons. The molecule has 0 aliphatic rings. The van der Waals surface area contributed by atoms with E-state index in [2.05, 4.69) is 15.0 Å². The third kappa shape index (κ3) is 1.49. The van der Waals surface area contributed by atoms with Crippen LogP contribution in [-0.4, -0.2) is 24.6 Å². The van der Waals surface area contributed by atoms with E-state index >= 15 is 0 Å². The number of aliphatic hydroxyl groups excluding tert-OH is 1. The average molecular weight is 190 g/mol. The summed E-state index contributed by atoms with van der Waals surface area (Å²) >= 11 is 0. The summed E-state index contributed by atoms with van der Waals surface area (Å²) in [6.07, 6.45) is 7.22. The van der Waals surface area contributed by atoms with E-state index in [1.807, 2.05) is 7.05 Å². The van der Waals surface area contributed by atoms with Crippen molar-refractivity contribution in [1.29, 1.82) is 0 Å². The Balaban J connectivity index is 2.34. The molecule has 0 aliphatic heterocycles. The maximum Gasteiger partial charge on any atom is 0.155 e. The van der Waals surface area contributed by atoms with Crippen LogP contribution in [0.2, 0.25) is 0 Å². The minimum absolute atomic E-state index is 0.502. The summed E-state index contributed by atoms with van der Waals surface area (Å²) in [5.74, 6) is 0.561. The second-order valence-electron chi connectivity index (χ2n) is 2.93. The molecule has 0 saturated carbocycles. The molecule has 0 spiro atoms. The van der Waals surface area contributed by atoms with Crippen LogP contribution in [0, 0.1) is 0 Å². The Hall–Kier alpha value is -1.75. The standard InChI is InChI=1S/C9H10N4O/c1-13-5-4-12-9(13)8(14)7-6-10-2-3-11-7/h2-6,8,14H,1H3. The van der Waals surface area contributed by atoms with Gasteiger partial charge in [-0.05, 0) is 0 Å². The van der Waals surface area contributed by atoms with Crippen LogP contribution in [0.25, 0.3) is 0 Å². The molecule has 0 fully saturated rings. The number of imidazole rings is 1. The number of rotatable bonds is 2. The van der Waals surface area contributed by atoms with Gasteiger partial charge in [-0.15, -0.1) is 0 Å². The average Bonchev–Trinajstić information content (AvgIpc) is 2.65.